The number of amides is 2. The number of hydrogen-bond donors (Lipinski definition) is 0. The molecular weight excluding hydrogens is 370 g/mol. The molecule has 2 aliphatic heterocycles. The van der Waals surface area contributed by atoms with Gasteiger partial charge in [-0.15, -0.1) is 0 Å². The second kappa shape index (κ2) is 8.73. The molecule has 8 nitrogen and oxygen atoms in total. The molecule has 29 heavy (non-hydrogen) atoms. The van der Waals surface area contributed by atoms with Crippen LogP contribution >= 0.6 is 0 Å². The molecule has 0 atom stereocenters. The van der Waals surface area contributed by atoms with Crippen LogP contribution in [0.5, 0.6) is 0 Å². The molecule has 0 N–H and O–H groups in total. The largest absolute Gasteiger partial charge is 0.378 e. The van der Waals surface area contributed by atoms with Gasteiger partial charge >= 0.3 is 0 Å². The fourth-order valence-corrected chi connectivity index (χ4v) is 4.03. The monoisotopic (exact) mass is 397 g/mol. The molecule has 0 saturated carbocycles. The number of hydrogen-bond acceptors (Lipinski definition) is 5. The summed E-state index contributed by atoms with van der Waals surface area (Å²) in [6.07, 6.45) is 5.10. The van der Waals surface area contributed by atoms with E-state index in [1.54, 1.807) is 23.1 Å². The van der Waals surface area contributed by atoms with E-state index < -0.39 is 0 Å². The Labute approximate surface area is 170 Å². The number of pyridine rings is 1. The summed E-state index contributed by atoms with van der Waals surface area (Å²) < 4.78 is 7.04. The molecule has 0 bridgehead atoms. The quantitative estimate of drug-likeness (QED) is 0.786. The minimum Gasteiger partial charge on any atom is -0.378 e. The summed E-state index contributed by atoms with van der Waals surface area (Å²) in [7, 11) is 0. The third-order valence-corrected chi connectivity index (χ3v) is 5.77. The highest BCUT2D eigenvalue weighted by atomic mass is 16.5. The third kappa shape index (κ3) is 4.17. The molecule has 2 fully saturated rings. The minimum absolute atomic E-state index is 0.0142. The van der Waals surface area contributed by atoms with Crippen LogP contribution in [0, 0.1) is 0 Å². The highest BCUT2D eigenvalue weighted by Gasteiger charge is 2.27. The molecule has 2 aromatic rings. The summed E-state index contributed by atoms with van der Waals surface area (Å²) in [5.74, 6) is 0.366. The van der Waals surface area contributed by atoms with Gasteiger partial charge in [-0.1, -0.05) is 0 Å². The molecule has 0 aromatic carbocycles. The molecule has 2 aliphatic rings. The van der Waals surface area contributed by atoms with Gasteiger partial charge in [0.2, 0.25) is 0 Å². The van der Waals surface area contributed by atoms with E-state index in [1.807, 2.05) is 28.9 Å². The number of aromatic nitrogens is 3. The maximum absolute atomic E-state index is 12.8. The van der Waals surface area contributed by atoms with E-state index in [0.717, 1.165) is 18.5 Å². The zero-order chi connectivity index (χ0) is 20.2. The summed E-state index contributed by atoms with van der Waals surface area (Å²) in [5.41, 5.74) is 2.26. The van der Waals surface area contributed by atoms with Crippen molar-refractivity contribution in [1.29, 1.82) is 0 Å². The Bertz CT molecular complexity index is 849. The van der Waals surface area contributed by atoms with Gasteiger partial charge in [-0.25, -0.2) is 0 Å². The first-order valence-electron chi connectivity index (χ1n) is 10.3. The van der Waals surface area contributed by atoms with E-state index in [1.165, 1.54) is 0 Å². The Morgan fingerprint density at radius 1 is 1.03 bits per heavy atom. The van der Waals surface area contributed by atoms with Crippen molar-refractivity contribution in [2.24, 2.45) is 0 Å². The van der Waals surface area contributed by atoms with E-state index >= 15 is 0 Å². The Morgan fingerprint density at radius 2 is 1.76 bits per heavy atom. The van der Waals surface area contributed by atoms with Crippen LogP contribution in [0.15, 0.2) is 30.6 Å². The molecule has 0 aliphatic carbocycles. The molecule has 0 spiro atoms. The van der Waals surface area contributed by atoms with Crippen LogP contribution < -0.4 is 0 Å². The molecule has 4 rings (SSSR count). The number of likely N-dealkylation sites (tertiary alicyclic amines) is 1. The summed E-state index contributed by atoms with van der Waals surface area (Å²) in [5, 5.41) is 4.19. The lowest BCUT2D eigenvalue weighted by atomic mass is 9.92. The third-order valence-electron chi connectivity index (χ3n) is 5.77. The zero-order valence-electron chi connectivity index (χ0n) is 16.8. The average molecular weight is 397 g/mol. The molecule has 8 heteroatoms. The lowest BCUT2D eigenvalue weighted by molar-refractivity contribution is 0.0302. The van der Waals surface area contributed by atoms with E-state index in [4.69, 9.17) is 4.74 Å². The molecule has 2 amide bonds. The summed E-state index contributed by atoms with van der Waals surface area (Å²) in [4.78, 5) is 33.6. The van der Waals surface area contributed by atoms with Crippen LogP contribution in [0.25, 0.3) is 0 Å². The van der Waals surface area contributed by atoms with Gasteiger partial charge in [0.25, 0.3) is 11.8 Å². The van der Waals surface area contributed by atoms with Crippen LogP contribution in [0.3, 0.4) is 0 Å². The van der Waals surface area contributed by atoms with E-state index in [-0.39, 0.29) is 11.8 Å². The zero-order valence-corrected chi connectivity index (χ0v) is 16.8. The first-order chi connectivity index (χ1) is 14.2. The van der Waals surface area contributed by atoms with Gasteiger partial charge in [0.05, 0.1) is 18.8 Å². The van der Waals surface area contributed by atoms with Gasteiger partial charge in [0.15, 0.2) is 0 Å². The van der Waals surface area contributed by atoms with Crippen LogP contribution in [0.1, 0.15) is 52.2 Å². The van der Waals surface area contributed by atoms with Crippen molar-refractivity contribution in [3.05, 3.63) is 47.5 Å². The maximum atomic E-state index is 12.8. The average Bonchev–Trinajstić information content (AvgIpc) is 3.28. The predicted molar refractivity (Wildman–Crippen MR) is 107 cm³/mol. The van der Waals surface area contributed by atoms with Gasteiger partial charge in [-0.2, -0.15) is 5.10 Å². The van der Waals surface area contributed by atoms with Crippen molar-refractivity contribution < 1.29 is 14.3 Å². The first kappa shape index (κ1) is 19.6. The Morgan fingerprint density at radius 3 is 2.41 bits per heavy atom. The topological polar surface area (TPSA) is 80.6 Å². The van der Waals surface area contributed by atoms with Crippen molar-refractivity contribution >= 4 is 11.8 Å². The molecule has 4 heterocycles. The number of aryl methyl sites for hydroxylation is 1. The minimum atomic E-state index is 0.0142. The smallest absolute Gasteiger partial charge is 0.272 e. The summed E-state index contributed by atoms with van der Waals surface area (Å²) >= 11 is 0. The highest BCUT2D eigenvalue weighted by molar-refractivity contribution is 5.94. The van der Waals surface area contributed by atoms with Crippen LogP contribution in [-0.2, 0) is 11.3 Å². The second-order valence-corrected chi connectivity index (χ2v) is 7.47. The Balaban J connectivity index is 1.35. The van der Waals surface area contributed by atoms with E-state index in [2.05, 4.69) is 10.1 Å². The van der Waals surface area contributed by atoms with Crippen molar-refractivity contribution in [1.82, 2.24) is 24.6 Å². The van der Waals surface area contributed by atoms with Gasteiger partial charge < -0.3 is 14.5 Å². The van der Waals surface area contributed by atoms with Gasteiger partial charge in [0, 0.05) is 56.7 Å². The Kier molecular flexibility index (Phi) is 5.89. The number of ether oxygens (including phenoxy) is 1. The van der Waals surface area contributed by atoms with Crippen molar-refractivity contribution in [2.45, 2.75) is 32.2 Å². The number of morpholine rings is 1. The lowest BCUT2D eigenvalue weighted by Gasteiger charge is -2.32. The van der Waals surface area contributed by atoms with Crippen molar-refractivity contribution in [2.75, 3.05) is 39.4 Å². The first-order valence-corrected chi connectivity index (χ1v) is 10.3. The van der Waals surface area contributed by atoms with Crippen LogP contribution in [0.4, 0.5) is 0 Å². The molecule has 0 unspecified atom stereocenters. The number of piperidine rings is 1. The number of rotatable bonds is 4. The number of nitrogens with zero attached hydrogens (tertiary/aromatic N) is 5. The fraction of sp³-hybridized carbons (Fsp3) is 0.524. The fourth-order valence-electron chi connectivity index (χ4n) is 4.03. The maximum Gasteiger partial charge on any atom is 0.272 e. The van der Waals surface area contributed by atoms with Crippen LogP contribution in [0.2, 0.25) is 0 Å². The number of carbonyl (C=O) groups is 2. The van der Waals surface area contributed by atoms with Crippen LogP contribution in [-0.4, -0.2) is 75.8 Å². The summed E-state index contributed by atoms with van der Waals surface area (Å²) in [6, 6.07) is 5.61. The Hall–Kier alpha value is -2.74. The van der Waals surface area contributed by atoms with Gasteiger partial charge in [-0.05, 0) is 38.0 Å². The second-order valence-electron chi connectivity index (χ2n) is 7.47. The molecule has 2 saturated heterocycles. The standard InChI is InChI=1S/C21H27N5O3/c1-2-26-19(5-8-23-26)21(28)24-9-6-16(7-10-24)18-4-3-17(15-22-18)20(27)25-11-13-29-14-12-25/h3-5,8,15-16H,2,6-7,9-14H2,1H3. The lowest BCUT2D eigenvalue weighted by Crippen LogP contribution is -2.40. The highest BCUT2D eigenvalue weighted by Crippen LogP contribution is 2.27. The summed E-state index contributed by atoms with van der Waals surface area (Å²) in [6.45, 7) is 6.51. The SMILES string of the molecule is CCn1nccc1C(=O)N1CCC(c2ccc(C(=O)N3CCOCC3)cn2)CC1. The predicted octanol–water partition coefficient (Wildman–Crippen LogP) is 1.79. The van der Waals surface area contributed by atoms with Gasteiger partial charge in [-0.3, -0.25) is 19.3 Å². The van der Waals surface area contributed by atoms with E-state index in [9.17, 15) is 9.59 Å². The molecule has 0 radical (unpaired) electrons. The molecular formula is C21H27N5O3. The van der Waals surface area contributed by atoms with Gasteiger partial charge in [0.1, 0.15) is 5.69 Å². The molecule has 154 valence electrons. The van der Waals surface area contributed by atoms with E-state index in [0.29, 0.717) is 63.1 Å². The number of carbonyl (C=O) groups excluding carboxylic acids is 2. The van der Waals surface area contributed by atoms with Crippen molar-refractivity contribution in [3.63, 3.8) is 0 Å². The van der Waals surface area contributed by atoms with Crippen molar-refractivity contribution in [3.8, 4) is 0 Å². The molecule has 2 aromatic heterocycles. The normalized spacial score (nSPS) is 18.1.